The van der Waals surface area contributed by atoms with Crippen LogP contribution in [0.4, 0.5) is 11.4 Å². The SMILES string of the molecule is Cc1ccc2c(c1)N(C1CCN(c3cn[nH]c(=O)c3Cl)CC1)CCO2. The number of halogens is 1. The molecule has 6 nitrogen and oxygen atoms in total. The molecule has 1 saturated heterocycles. The quantitative estimate of drug-likeness (QED) is 0.892. The topological polar surface area (TPSA) is 61.5 Å². The summed E-state index contributed by atoms with van der Waals surface area (Å²) in [7, 11) is 0. The maximum atomic E-state index is 11.7. The number of ether oxygens (including phenoxy) is 1. The predicted molar refractivity (Wildman–Crippen MR) is 99.1 cm³/mol. The summed E-state index contributed by atoms with van der Waals surface area (Å²) in [6, 6.07) is 6.83. The normalized spacial score (nSPS) is 18.0. The molecule has 0 saturated carbocycles. The lowest BCUT2D eigenvalue weighted by atomic mass is 10.0. The number of aromatic nitrogens is 2. The number of aryl methyl sites for hydroxylation is 1. The molecule has 1 N–H and O–H groups in total. The van der Waals surface area contributed by atoms with E-state index in [0.29, 0.717) is 6.04 Å². The van der Waals surface area contributed by atoms with Gasteiger partial charge in [0, 0.05) is 19.1 Å². The summed E-state index contributed by atoms with van der Waals surface area (Å²) in [5.74, 6) is 0.973. The van der Waals surface area contributed by atoms with Gasteiger partial charge < -0.3 is 14.5 Å². The summed E-state index contributed by atoms with van der Waals surface area (Å²) in [6.07, 6.45) is 3.66. The van der Waals surface area contributed by atoms with Crippen molar-refractivity contribution in [1.82, 2.24) is 10.2 Å². The van der Waals surface area contributed by atoms with Gasteiger partial charge in [0.15, 0.2) is 0 Å². The second-order valence-electron chi connectivity index (χ2n) is 6.63. The number of anilines is 2. The lowest BCUT2D eigenvalue weighted by Gasteiger charge is -2.42. The maximum Gasteiger partial charge on any atom is 0.285 e. The third-order valence-electron chi connectivity index (χ3n) is 5.04. The fourth-order valence-electron chi connectivity index (χ4n) is 3.74. The van der Waals surface area contributed by atoms with Crippen molar-refractivity contribution in [2.24, 2.45) is 0 Å². The highest BCUT2D eigenvalue weighted by Crippen LogP contribution is 2.36. The molecule has 2 aliphatic rings. The van der Waals surface area contributed by atoms with Crippen molar-refractivity contribution in [3.8, 4) is 5.75 Å². The minimum absolute atomic E-state index is 0.223. The lowest BCUT2D eigenvalue weighted by Crippen LogP contribution is -2.48. The van der Waals surface area contributed by atoms with E-state index in [-0.39, 0.29) is 10.6 Å². The highest BCUT2D eigenvalue weighted by molar-refractivity contribution is 6.33. The first-order valence-electron chi connectivity index (χ1n) is 8.62. The smallest absolute Gasteiger partial charge is 0.285 e. The van der Waals surface area contributed by atoms with Crippen LogP contribution in [0.3, 0.4) is 0 Å². The van der Waals surface area contributed by atoms with E-state index in [1.807, 2.05) is 0 Å². The number of nitrogens with one attached hydrogen (secondary N) is 1. The van der Waals surface area contributed by atoms with Crippen LogP contribution in [0.25, 0.3) is 0 Å². The molecule has 4 rings (SSSR count). The molecule has 0 spiro atoms. The van der Waals surface area contributed by atoms with Gasteiger partial charge in [0.2, 0.25) is 0 Å². The Morgan fingerprint density at radius 2 is 2.04 bits per heavy atom. The van der Waals surface area contributed by atoms with Crippen LogP contribution in [0.15, 0.2) is 29.2 Å². The molecule has 0 amide bonds. The summed E-state index contributed by atoms with van der Waals surface area (Å²) in [5, 5.41) is 6.47. The van der Waals surface area contributed by atoms with E-state index in [1.165, 1.54) is 11.3 Å². The van der Waals surface area contributed by atoms with E-state index in [4.69, 9.17) is 16.3 Å². The van der Waals surface area contributed by atoms with Crippen LogP contribution in [0.1, 0.15) is 18.4 Å². The number of aromatic amines is 1. The Morgan fingerprint density at radius 3 is 2.84 bits per heavy atom. The van der Waals surface area contributed by atoms with Crippen molar-refractivity contribution >= 4 is 23.0 Å². The molecule has 1 aromatic heterocycles. The van der Waals surface area contributed by atoms with Gasteiger partial charge in [-0.05, 0) is 37.5 Å². The molecular weight excluding hydrogens is 340 g/mol. The second-order valence-corrected chi connectivity index (χ2v) is 7.01. The van der Waals surface area contributed by atoms with E-state index < -0.39 is 0 Å². The summed E-state index contributed by atoms with van der Waals surface area (Å²) < 4.78 is 5.80. The molecule has 2 aliphatic heterocycles. The third-order valence-corrected chi connectivity index (χ3v) is 5.40. The van der Waals surface area contributed by atoms with E-state index in [2.05, 4.69) is 45.1 Å². The zero-order valence-electron chi connectivity index (χ0n) is 14.2. The third kappa shape index (κ3) is 3.06. The summed E-state index contributed by atoms with van der Waals surface area (Å²) in [5.41, 5.74) is 2.83. The van der Waals surface area contributed by atoms with Crippen molar-refractivity contribution in [2.45, 2.75) is 25.8 Å². The Morgan fingerprint density at radius 1 is 1.24 bits per heavy atom. The van der Waals surface area contributed by atoms with Crippen LogP contribution in [-0.2, 0) is 0 Å². The first-order chi connectivity index (χ1) is 12.1. The standard InChI is InChI=1S/C18H21ClN4O2/c1-12-2-3-16-14(10-12)23(8-9-25-16)13-4-6-22(7-5-13)15-11-20-21-18(24)17(15)19/h2-3,10-11,13H,4-9H2,1H3,(H,21,24). The van der Waals surface area contributed by atoms with E-state index >= 15 is 0 Å². The number of rotatable bonds is 2. The van der Waals surface area contributed by atoms with Crippen molar-refractivity contribution in [3.05, 3.63) is 45.3 Å². The molecule has 7 heteroatoms. The van der Waals surface area contributed by atoms with Crippen molar-refractivity contribution in [2.75, 3.05) is 36.0 Å². The van der Waals surface area contributed by atoms with Crippen LogP contribution in [0.2, 0.25) is 5.02 Å². The molecule has 3 heterocycles. The van der Waals surface area contributed by atoms with Gasteiger partial charge in [-0.3, -0.25) is 4.79 Å². The second kappa shape index (κ2) is 6.59. The molecule has 0 unspecified atom stereocenters. The summed E-state index contributed by atoms with van der Waals surface area (Å²) >= 11 is 6.14. The largest absolute Gasteiger partial charge is 0.490 e. The maximum absolute atomic E-state index is 11.7. The molecule has 1 aromatic carbocycles. The van der Waals surface area contributed by atoms with Crippen LogP contribution >= 0.6 is 11.6 Å². The minimum atomic E-state index is -0.334. The molecular formula is C18H21ClN4O2. The van der Waals surface area contributed by atoms with Gasteiger partial charge in [-0.25, -0.2) is 5.10 Å². The molecule has 0 bridgehead atoms. The molecule has 0 aliphatic carbocycles. The van der Waals surface area contributed by atoms with Gasteiger partial charge in [-0.1, -0.05) is 17.7 Å². The fraction of sp³-hybridized carbons (Fsp3) is 0.444. The molecule has 25 heavy (non-hydrogen) atoms. The molecule has 2 aromatic rings. The van der Waals surface area contributed by atoms with Crippen LogP contribution in [0, 0.1) is 6.92 Å². The number of nitrogens with zero attached hydrogens (tertiary/aromatic N) is 3. The first kappa shape index (κ1) is 16.3. The van der Waals surface area contributed by atoms with E-state index in [1.54, 1.807) is 6.20 Å². The average Bonchev–Trinajstić information content (AvgIpc) is 2.64. The van der Waals surface area contributed by atoms with Crippen molar-refractivity contribution < 1.29 is 4.74 Å². The Kier molecular flexibility index (Phi) is 4.29. The average molecular weight is 361 g/mol. The van der Waals surface area contributed by atoms with Crippen LogP contribution < -0.4 is 20.1 Å². The van der Waals surface area contributed by atoms with Gasteiger partial charge in [-0.2, -0.15) is 5.10 Å². The Hall–Kier alpha value is -2.21. The first-order valence-corrected chi connectivity index (χ1v) is 8.99. The number of fused-ring (bicyclic) bond motifs is 1. The zero-order valence-corrected chi connectivity index (χ0v) is 14.9. The van der Waals surface area contributed by atoms with Gasteiger partial charge >= 0.3 is 0 Å². The highest BCUT2D eigenvalue weighted by atomic mass is 35.5. The van der Waals surface area contributed by atoms with Gasteiger partial charge in [0.25, 0.3) is 5.56 Å². The Bertz CT molecular complexity index is 830. The number of H-pyrrole nitrogens is 1. The number of piperidine rings is 1. The summed E-state index contributed by atoms with van der Waals surface area (Å²) in [6.45, 7) is 5.45. The predicted octanol–water partition coefficient (Wildman–Crippen LogP) is 2.60. The monoisotopic (exact) mass is 360 g/mol. The van der Waals surface area contributed by atoms with Gasteiger partial charge in [0.05, 0.1) is 24.1 Å². The van der Waals surface area contributed by atoms with E-state index in [9.17, 15) is 4.79 Å². The van der Waals surface area contributed by atoms with E-state index in [0.717, 1.165) is 50.5 Å². The van der Waals surface area contributed by atoms with Gasteiger partial charge in [0.1, 0.15) is 17.4 Å². The molecule has 0 atom stereocenters. The lowest BCUT2D eigenvalue weighted by molar-refractivity contribution is 0.293. The number of hydrogen-bond acceptors (Lipinski definition) is 5. The van der Waals surface area contributed by atoms with Gasteiger partial charge in [-0.15, -0.1) is 0 Å². The highest BCUT2D eigenvalue weighted by Gasteiger charge is 2.29. The zero-order chi connectivity index (χ0) is 17.4. The van der Waals surface area contributed by atoms with Crippen molar-refractivity contribution in [1.29, 1.82) is 0 Å². The minimum Gasteiger partial charge on any atom is -0.490 e. The Balaban J connectivity index is 1.51. The summed E-state index contributed by atoms with van der Waals surface area (Å²) in [4.78, 5) is 16.3. The fourth-order valence-corrected chi connectivity index (χ4v) is 3.95. The van der Waals surface area contributed by atoms with Crippen LogP contribution in [0.5, 0.6) is 5.75 Å². The molecule has 1 fully saturated rings. The van der Waals surface area contributed by atoms with Crippen LogP contribution in [-0.4, -0.2) is 42.5 Å². The molecule has 0 radical (unpaired) electrons. The number of benzene rings is 1. The van der Waals surface area contributed by atoms with Crippen molar-refractivity contribution in [3.63, 3.8) is 0 Å². The Labute approximate surface area is 151 Å². The molecule has 132 valence electrons. The number of hydrogen-bond donors (Lipinski definition) is 1.